The Bertz CT molecular complexity index is 879. The lowest BCUT2D eigenvalue weighted by Crippen LogP contribution is -2.52. The molecule has 3 rings (SSSR count). The molecule has 2 aromatic carbocycles. The van der Waals surface area contributed by atoms with Gasteiger partial charge in [0, 0.05) is 16.2 Å². The van der Waals surface area contributed by atoms with Gasteiger partial charge in [0.1, 0.15) is 11.8 Å². The van der Waals surface area contributed by atoms with Gasteiger partial charge in [-0.15, -0.1) is 0 Å². The van der Waals surface area contributed by atoms with E-state index in [2.05, 4.69) is 27.9 Å². The Morgan fingerprint density at radius 3 is 2.45 bits per heavy atom. The zero-order chi connectivity index (χ0) is 22.2. The number of hydrogen-bond acceptors (Lipinski definition) is 3. The highest BCUT2D eigenvalue weighted by atomic mass is 127. The second-order valence-electron chi connectivity index (χ2n) is 8.10. The molecule has 6 heteroatoms. The monoisotopic (exact) mass is 534 g/mol. The van der Waals surface area contributed by atoms with Gasteiger partial charge in [0.15, 0.2) is 6.61 Å². The highest BCUT2D eigenvalue weighted by molar-refractivity contribution is 14.1. The van der Waals surface area contributed by atoms with Crippen LogP contribution in [0.15, 0.2) is 48.5 Å². The molecule has 0 radical (unpaired) electrons. The van der Waals surface area contributed by atoms with Crippen LogP contribution < -0.4 is 10.1 Å². The minimum atomic E-state index is -0.520. The predicted octanol–water partition coefficient (Wildman–Crippen LogP) is 4.84. The van der Waals surface area contributed by atoms with E-state index in [1.165, 1.54) is 0 Å². The van der Waals surface area contributed by atoms with Gasteiger partial charge in [-0.05, 0) is 84.2 Å². The van der Waals surface area contributed by atoms with E-state index in [1.54, 1.807) is 4.90 Å². The summed E-state index contributed by atoms with van der Waals surface area (Å²) in [5.41, 5.74) is 2.14. The molecule has 0 spiro atoms. The zero-order valence-electron chi connectivity index (χ0n) is 18.3. The lowest BCUT2D eigenvalue weighted by Gasteiger charge is -2.31. The van der Waals surface area contributed by atoms with Crippen molar-refractivity contribution in [2.75, 3.05) is 6.61 Å². The van der Waals surface area contributed by atoms with Crippen LogP contribution in [0.3, 0.4) is 0 Å². The quantitative estimate of drug-likeness (QED) is 0.469. The molecule has 2 aromatic rings. The van der Waals surface area contributed by atoms with Crippen LogP contribution in [0.5, 0.6) is 5.75 Å². The molecular formula is C25H31IN2O3. The van der Waals surface area contributed by atoms with Gasteiger partial charge in [-0.25, -0.2) is 0 Å². The molecule has 31 heavy (non-hydrogen) atoms. The fourth-order valence-electron chi connectivity index (χ4n) is 4.02. The molecule has 1 aliphatic rings. The van der Waals surface area contributed by atoms with Gasteiger partial charge < -0.3 is 15.0 Å². The Balaban J connectivity index is 1.76. The number of nitrogens with one attached hydrogen (secondary N) is 1. The van der Waals surface area contributed by atoms with Crippen molar-refractivity contribution >= 4 is 34.4 Å². The van der Waals surface area contributed by atoms with E-state index in [0.717, 1.165) is 40.4 Å². The van der Waals surface area contributed by atoms with Crippen LogP contribution in [0.4, 0.5) is 0 Å². The normalized spacial score (nSPS) is 14.8. The number of benzene rings is 2. The third kappa shape index (κ3) is 6.69. The van der Waals surface area contributed by atoms with E-state index in [9.17, 15) is 9.59 Å². The van der Waals surface area contributed by atoms with Crippen molar-refractivity contribution in [3.05, 3.63) is 63.2 Å². The van der Waals surface area contributed by atoms with Crippen molar-refractivity contribution in [3.63, 3.8) is 0 Å². The topological polar surface area (TPSA) is 58.6 Å². The van der Waals surface area contributed by atoms with Crippen LogP contribution in [0.2, 0.25) is 0 Å². The number of hydrogen-bond donors (Lipinski definition) is 1. The van der Waals surface area contributed by atoms with Gasteiger partial charge in [0.25, 0.3) is 5.91 Å². The largest absolute Gasteiger partial charge is 0.484 e. The molecule has 0 unspecified atom stereocenters. The first-order valence-corrected chi connectivity index (χ1v) is 12.1. The van der Waals surface area contributed by atoms with Crippen molar-refractivity contribution < 1.29 is 14.3 Å². The fraction of sp³-hybridized carbons (Fsp3) is 0.440. The van der Waals surface area contributed by atoms with Crippen LogP contribution in [0, 0.1) is 10.5 Å². The molecule has 1 atom stereocenters. The summed E-state index contributed by atoms with van der Waals surface area (Å²) in [6.07, 6.45) is 4.89. The lowest BCUT2D eigenvalue weighted by molar-refractivity contribution is -0.143. The van der Waals surface area contributed by atoms with Crippen molar-refractivity contribution in [2.24, 2.45) is 0 Å². The average molecular weight is 534 g/mol. The molecule has 0 heterocycles. The van der Waals surface area contributed by atoms with Crippen LogP contribution in [-0.2, 0) is 16.1 Å². The van der Waals surface area contributed by atoms with Gasteiger partial charge in [-0.1, -0.05) is 44.0 Å². The van der Waals surface area contributed by atoms with Crippen LogP contribution >= 0.6 is 22.6 Å². The SMILES string of the molecule is CC[C@H](C(=O)NC1CCCC1)N(Cc1ccccc1C)C(=O)COc1ccc(I)cc1. The van der Waals surface area contributed by atoms with Crippen LogP contribution in [-0.4, -0.2) is 35.4 Å². The second-order valence-corrected chi connectivity index (χ2v) is 9.35. The fourth-order valence-corrected chi connectivity index (χ4v) is 4.38. The third-order valence-corrected chi connectivity index (χ3v) is 6.58. The number of carbonyl (C=O) groups is 2. The number of amides is 2. The lowest BCUT2D eigenvalue weighted by atomic mass is 10.1. The molecule has 0 saturated heterocycles. The number of rotatable bonds is 9. The van der Waals surface area contributed by atoms with Crippen molar-refractivity contribution in [3.8, 4) is 5.75 Å². The first-order valence-electron chi connectivity index (χ1n) is 11.0. The van der Waals surface area contributed by atoms with Gasteiger partial charge >= 0.3 is 0 Å². The zero-order valence-corrected chi connectivity index (χ0v) is 20.4. The molecule has 2 amide bonds. The van der Waals surface area contributed by atoms with Crippen LogP contribution in [0.1, 0.15) is 50.2 Å². The maximum Gasteiger partial charge on any atom is 0.261 e. The molecule has 0 bridgehead atoms. The summed E-state index contributed by atoms with van der Waals surface area (Å²) in [6.45, 7) is 4.27. The molecule has 1 N–H and O–H groups in total. The van der Waals surface area contributed by atoms with E-state index in [0.29, 0.717) is 18.7 Å². The Morgan fingerprint density at radius 2 is 1.81 bits per heavy atom. The highest BCUT2D eigenvalue weighted by Crippen LogP contribution is 2.20. The van der Waals surface area contributed by atoms with Gasteiger partial charge in [-0.3, -0.25) is 9.59 Å². The first kappa shape index (κ1) is 23.6. The predicted molar refractivity (Wildman–Crippen MR) is 131 cm³/mol. The van der Waals surface area contributed by atoms with Crippen molar-refractivity contribution in [2.45, 2.75) is 64.6 Å². The maximum absolute atomic E-state index is 13.3. The number of nitrogens with zero attached hydrogens (tertiary/aromatic N) is 1. The molecule has 5 nitrogen and oxygen atoms in total. The number of carbonyl (C=O) groups excluding carboxylic acids is 2. The van der Waals surface area contributed by atoms with E-state index in [-0.39, 0.29) is 24.5 Å². The molecule has 1 saturated carbocycles. The third-order valence-electron chi connectivity index (χ3n) is 5.87. The summed E-state index contributed by atoms with van der Waals surface area (Å²) in [5, 5.41) is 3.17. The second kappa shape index (κ2) is 11.5. The number of ether oxygens (including phenoxy) is 1. The maximum atomic E-state index is 13.3. The van der Waals surface area contributed by atoms with Gasteiger partial charge in [-0.2, -0.15) is 0 Å². The van der Waals surface area contributed by atoms with Gasteiger partial charge in [0.2, 0.25) is 5.91 Å². The molecular weight excluding hydrogens is 503 g/mol. The average Bonchev–Trinajstić information content (AvgIpc) is 3.27. The molecule has 166 valence electrons. The molecule has 0 aliphatic heterocycles. The molecule has 1 fully saturated rings. The van der Waals surface area contributed by atoms with Crippen LogP contribution in [0.25, 0.3) is 0 Å². The number of aryl methyl sites for hydroxylation is 1. The summed E-state index contributed by atoms with van der Waals surface area (Å²) >= 11 is 2.23. The molecule has 1 aliphatic carbocycles. The Morgan fingerprint density at radius 1 is 1.13 bits per heavy atom. The highest BCUT2D eigenvalue weighted by Gasteiger charge is 2.31. The summed E-state index contributed by atoms with van der Waals surface area (Å²) in [4.78, 5) is 28.1. The van der Waals surface area contributed by atoms with E-state index >= 15 is 0 Å². The summed E-state index contributed by atoms with van der Waals surface area (Å²) in [6, 6.07) is 15.3. The Hall–Kier alpha value is -2.09. The van der Waals surface area contributed by atoms with E-state index in [4.69, 9.17) is 4.74 Å². The smallest absolute Gasteiger partial charge is 0.261 e. The van der Waals surface area contributed by atoms with Crippen molar-refractivity contribution in [1.29, 1.82) is 0 Å². The Kier molecular flexibility index (Phi) is 8.75. The molecule has 0 aromatic heterocycles. The first-order chi connectivity index (χ1) is 15.0. The minimum Gasteiger partial charge on any atom is -0.484 e. The summed E-state index contributed by atoms with van der Waals surface area (Å²) in [5.74, 6) is 0.397. The van der Waals surface area contributed by atoms with E-state index in [1.807, 2.05) is 62.4 Å². The van der Waals surface area contributed by atoms with Crippen molar-refractivity contribution in [1.82, 2.24) is 10.2 Å². The number of halogens is 1. The van der Waals surface area contributed by atoms with E-state index < -0.39 is 6.04 Å². The van der Waals surface area contributed by atoms with Gasteiger partial charge in [0.05, 0.1) is 0 Å². The minimum absolute atomic E-state index is 0.0643. The standard InChI is InChI=1S/C25H31IN2O3/c1-3-23(25(30)27-21-10-6-7-11-21)28(16-19-9-5-4-8-18(19)2)24(29)17-31-22-14-12-20(26)13-15-22/h4-5,8-9,12-15,21,23H,3,6-7,10-11,16-17H2,1-2H3,(H,27,30)/t23-/m1/s1. The summed E-state index contributed by atoms with van der Waals surface area (Å²) < 4.78 is 6.86. The summed E-state index contributed by atoms with van der Waals surface area (Å²) in [7, 11) is 0. The Labute approximate surface area is 198 Å².